The van der Waals surface area contributed by atoms with Gasteiger partial charge < -0.3 is 5.73 Å². The molecule has 1 atom stereocenters. The van der Waals surface area contributed by atoms with Crippen molar-refractivity contribution in [3.05, 3.63) is 29.0 Å². The van der Waals surface area contributed by atoms with Gasteiger partial charge in [0.25, 0.3) is 0 Å². The normalized spacial score (nSPS) is 27.7. The number of rotatable bonds is 2. The van der Waals surface area contributed by atoms with E-state index in [1.165, 1.54) is 25.7 Å². The molecule has 2 N–H and O–H groups in total. The molecule has 1 aliphatic carbocycles. The number of nitrogens with zero attached hydrogens (tertiary/aromatic N) is 1. The Hall–Kier alpha value is -0.600. The van der Waals surface area contributed by atoms with Gasteiger partial charge in [-0.2, -0.15) is 0 Å². The highest BCUT2D eigenvalue weighted by Crippen LogP contribution is 2.36. The first-order valence-corrected chi connectivity index (χ1v) is 6.41. The van der Waals surface area contributed by atoms with Crippen LogP contribution in [0.3, 0.4) is 0 Å². The Labute approximate surface area is 102 Å². The molecule has 2 nitrogen and oxygen atoms in total. The molecular formula is C13H19ClN2. The lowest BCUT2D eigenvalue weighted by Crippen LogP contribution is -2.25. The van der Waals surface area contributed by atoms with Crippen molar-refractivity contribution in [2.45, 2.75) is 38.6 Å². The molecule has 1 aromatic heterocycles. The molecule has 1 saturated carbocycles. The van der Waals surface area contributed by atoms with E-state index >= 15 is 0 Å². The first-order chi connectivity index (χ1) is 7.68. The average molecular weight is 239 g/mol. The Morgan fingerprint density at radius 1 is 1.38 bits per heavy atom. The highest BCUT2D eigenvalue weighted by Gasteiger charge is 2.25. The standard InChI is InChI=1S/C13H19ClN2/c1-9-2-4-10(5-3-9)13(15)11-6-7-16-8-12(11)14/h6-10,13H,2-5,15H2,1H3. The van der Waals surface area contributed by atoms with Gasteiger partial charge in [-0.15, -0.1) is 0 Å². The Balaban J connectivity index is 2.07. The van der Waals surface area contributed by atoms with Crippen LogP contribution in [-0.2, 0) is 0 Å². The SMILES string of the molecule is CC1CCC(C(N)c2ccncc2Cl)CC1. The number of hydrogen-bond donors (Lipinski definition) is 1. The van der Waals surface area contributed by atoms with Gasteiger partial charge in [-0.1, -0.05) is 31.4 Å². The second-order valence-electron chi connectivity index (χ2n) is 4.94. The zero-order valence-corrected chi connectivity index (χ0v) is 10.5. The lowest BCUT2D eigenvalue weighted by atomic mass is 9.78. The maximum absolute atomic E-state index is 6.30. The molecule has 0 aliphatic heterocycles. The van der Waals surface area contributed by atoms with Crippen LogP contribution in [0.25, 0.3) is 0 Å². The molecule has 0 bridgehead atoms. The van der Waals surface area contributed by atoms with Crippen molar-refractivity contribution < 1.29 is 0 Å². The maximum Gasteiger partial charge on any atom is 0.0637 e. The van der Waals surface area contributed by atoms with Gasteiger partial charge in [-0.3, -0.25) is 4.98 Å². The molecule has 88 valence electrons. The van der Waals surface area contributed by atoms with Gasteiger partial charge in [-0.25, -0.2) is 0 Å². The van der Waals surface area contributed by atoms with Crippen molar-refractivity contribution >= 4 is 11.6 Å². The third-order valence-corrected chi connectivity index (χ3v) is 4.05. The van der Waals surface area contributed by atoms with E-state index in [1.807, 2.05) is 6.07 Å². The van der Waals surface area contributed by atoms with Crippen LogP contribution in [0.2, 0.25) is 5.02 Å². The molecule has 1 aliphatic rings. The summed E-state index contributed by atoms with van der Waals surface area (Å²) in [4.78, 5) is 4.00. The van der Waals surface area contributed by atoms with Gasteiger partial charge in [0.05, 0.1) is 5.02 Å². The Morgan fingerprint density at radius 3 is 2.69 bits per heavy atom. The highest BCUT2D eigenvalue weighted by atomic mass is 35.5. The fraction of sp³-hybridized carbons (Fsp3) is 0.615. The van der Waals surface area contributed by atoms with Gasteiger partial charge in [0.2, 0.25) is 0 Å². The van der Waals surface area contributed by atoms with Crippen molar-refractivity contribution in [3.8, 4) is 0 Å². The molecule has 1 fully saturated rings. The number of hydrogen-bond acceptors (Lipinski definition) is 2. The third-order valence-electron chi connectivity index (χ3n) is 3.73. The predicted molar refractivity (Wildman–Crippen MR) is 67.3 cm³/mol. The molecule has 2 rings (SSSR count). The molecule has 0 saturated heterocycles. The van der Waals surface area contributed by atoms with Crippen LogP contribution >= 0.6 is 11.6 Å². The first kappa shape index (κ1) is 11.9. The van der Waals surface area contributed by atoms with Crippen LogP contribution in [0, 0.1) is 11.8 Å². The first-order valence-electron chi connectivity index (χ1n) is 6.03. The van der Waals surface area contributed by atoms with Crippen molar-refractivity contribution in [1.82, 2.24) is 4.98 Å². The molecule has 1 unspecified atom stereocenters. The lowest BCUT2D eigenvalue weighted by Gasteiger charge is -2.31. The summed E-state index contributed by atoms with van der Waals surface area (Å²) in [5.74, 6) is 1.44. The van der Waals surface area contributed by atoms with Crippen LogP contribution in [-0.4, -0.2) is 4.98 Å². The van der Waals surface area contributed by atoms with E-state index in [-0.39, 0.29) is 6.04 Å². The van der Waals surface area contributed by atoms with Gasteiger partial charge >= 0.3 is 0 Å². The summed E-state index contributed by atoms with van der Waals surface area (Å²) in [6.07, 6.45) is 8.48. The number of aromatic nitrogens is 1. The van der Waals surface area contributed by atoms with E-state index in [1.54, 1.807) is 12.4 Å². The van der Waals surface area contributed by atoms with Crippen molar-refractivity contribution in [3.63, 3.8) is 0 Å². The van der Waals surface area contributed by atoms with Crippen molar-refractivity contribution in [1.29, 1.82) is 0 Å². The monoisotopic (exact) mass is 238 g/mol. The molecule has 0 radical (unpaired) electrons. The minimum atomic E-state index is 0.0722. The van der Waals surface area contributed by atoms with E-state index in [2.05, 4.69) is 11.9 Å². The van der Waals surface area contributed by atoms with E-state index in [0.29, 0.717) is 10.9 Å². The minimum absolute atomic E-state index is 0.0722. The smallest absolute Gasteiger partial charge is 0.0637 e. The largest absolute Gasteiger partial charge is 0.324 e. The fourth-order valence-corrected chi connectivity index (χ4v) is 2.80. The lowest BCUT2D eigenvalue weighted by molar-refractivity contribution is 0.256. The van der Waals surface area contributed by atoms with Crippen LogP contribution in [0.15, 0.2) is 18.5 Å². The molecule has 3 heteroatoms. The van der Waals surface area contributed by atoms with Crippen LogP contribution in [0.5, 0.6) is 0 Å². The number of pyridine rings is 1. The topological polar surface area (TPSA) is 38.9 Å². The van der Waals surface area contributed by atoms with Crippen LogP contribution in [0.1, 0.15) is 44.2 Å². The van der Waals surface area contributed by atoms with Crippen molar-refractivity contribution in [2.75, 3.05) is 0 Å². The number of nitrogens with two attached hydrogens (primary N) is 1. The van der Waals surface area contributed by atoms with Crippen LogP contribution in [0.4, 0.5) is 0 Å². The summed E-state index contributed by atoms with van der Waals surface area (Å²) >= 11 is 6.12. The summed E-state index contributed by atoms with van der Waals surface area (Å²) in [7, 11) is 0. The third kappa shape index (κ3) is 2.55. The van der Waals surface area contributed by atoms with Gasteiger partial charge in [-0.05, 0) is 36.3 Å². The van der Waals surface area contributed by atoms with Crippen molar-refractivity contribution in [2.24, 2.45) is 17.6 Å². The Kier molecular flexibility index (Phi) is 3.82. The molecule has 0 spiro atoms. The minimum Gasteiger partial charge on any atom is -0.324 e. The Bertz CT molecular complexity index is 346. The van der Waals surface area contributed by atoms with Gasteiger partial charge in [0.15, 0.2) is 0 Å². The van der Waals surface area contributed by atoms with Gasteiger partial charge in [0.1, 0.15) is 0 Å². The molecule has 16 heavy (non-hydrogen) atoms. The fourth-order valence-electron chi connectivity index (χ4n) is 2.56. The van der Waals surface area contributed by atoms with Gasteiger partial charge in [0, 0.05) is 18.4 Å². The van der Waals surface area contributed by atoms with E-state index in [4.69, 9.17) is 17.3 Å². The van der Waals surface area contributed by atoms with Crippen LogP contribution < -0.4 is 5.73 Å². The Morgan fingerprint density at radius 2 is 2.06 bits per heavy atom. The summed E-state index contributed by atoms with van der Waals surface area (Å²) < 4.78 is 0. The average Bonchev–Trinajstić information content (AvgIpc) is 2.30. The van der Waals surface area contributed by atoms with E-state index < -0.39 is 0 Å². The zero-order valence-electron chi connectivity index (χ0n) is 9.70. The number of halogens is 1. The summed E-state index contributed by atoms with van der Waals surface area (Å²) in [5.41, 5.74) is 7.36. The molecule has 1 aromatic rings. The van der Waals surface area contributed by atoms with E-state index in [0.717, 1.165) is 11.5 Å². The second kappa shape index (κ2) is 5.15. The second-order valence-corrected chi connectivity index (χ2v) is 5.35. The predicted octanol–water partition coefficient (Wildman–Crippen LogP) is 3.56. The molecular weight excluding hydrogens is 220 g/mol. The maximum atomic E-state index is 6.30. The zero-order chi connectivity index (χ0) is 11.5. The molecule has 0 aromatic carbocycles. The quantitative estimate of drug-likeness (QED) is 0.856. The summed E-state index contributed by atoms with van der Waals surface area (Å²) in [6.45, 7) is 2.32. The molecule has 0 amide bonds. The summed E-state index contributed by atoms with van der Waals surface area (Å²) in [5, 5.41) is 0.702. The summed E-state index contributed by atoms with van der Waals surface area (Å²) in [6, 6.07) is 2.02. The molecule has 1 heterocycles. The highest BCUT2D eigenvalue weighted by molar-refractivity contribution is 6.31. The van der Waals surface area contributed by atoms with E-state index in [9.17, 15) is 0 Å².